The molecular weight excluding hydrogens is 411 g/mol. The van der Waals surface area contributed by atoms with Crippen molar-refractivity contribution in [2.24, 2.45) is 0 Å². The van der Waals surface area contributed by atoms with E-state index in [1.165, 1.54) is 24.8 Å². The van der Waals surface area contributed by atoms with E-state index < -0.39 is 29.7 Å². The second kappa shape index (κ2) is 7.77. The number of aliphatic hydroxyl groups excluding tert-OH is 1. The van der Waals surface area contributed by atoms with Crippen LogP contribution in [0, 0.1) is 0 Å². The van der Waals surface area contributed by atoms with E-state index in [4.69, 9.17) is 0 Å². The van der Waals surface area contributed by atoms with E-state index in [1.807, 2.05) is 0 Å². The van der Waals surface area contributed by atoms with Gasteiger partial charge < -0.3 is 5.11 Å². The number of rotatable bonds is 4. The highest BCUT2D eigenvalue weighted by atomic mass is 19.4. The van der Waals surface area contributed by atoms with Gasteiger partial charge in [0.25, 0.3) is 11.8 Å². The molecule has 0 spiro atoms. The lowest BCUT2D eigenvalue weighted by molar-refractivity contribution is -0.137. The van der Waals surface area contributed by atoms with Gasteiger partial charge in [0.05, 0.1) is 22.4 Å². The Morgan fingerprint density at radius 2 is 1.58 bits per heavy atom. The summed E-state index contributed by atoms with van der Waals surface area (Å²) >= 11 is 0. The fourth-order valence-electron chi connectivity index (χ4n) is 3.22. The molecule has 2 heterocycles. The van der Waals surface area contributed by atoms with Crippen LogP contribution in [0.5, 0.6) is 0 Å². The minimum Gasteiger partial charge on any atom is -0.382 e. The van der Waals surface area contributed by atoms with Gasteiger partial charge in [0, 0.05) is 18.0 Å². The first-order chi connectivity index (χ1) is 14.8. The van der Waals surface area contributed by atoms with Gasteiger partial charge in [-0.1, -0.05) is 24.3 Å². The maximum atomic E-state index is 12.8. The highest BCUT2D eigenvalue weighted by Crippen LogP contribution is 2.31. The standard InChI is InChI=1S/C22H14F3N3O3/c23-22(24,25)15-7-5-13(6-8-15)19(29)18-14(11-26-12-27-18)9-10-28-20(30)16-3-1-2-4-17(16)21(28)31/h1-12,19,29H/b10-9+. The SMILES string of the molecule is O=C1c2ccccc2C(=O)N1/C=C/c1cncnc1C(O)c1ccc(C(F)(F)F)cc1. The molecule has 6 nitrogen and oxygen atoms in total. The summed E-state index contributed by atoms with van der Waals surface area (Å²) in [5.74, 6) is -0.975. The molecule has 156 valence electrons. The van der Waals surface area contributed by atoms with Crippen LogP contribution in [0.4, 0.5) is 13.2 Å². The van der Waals surface area contributed by atoms with E-state index in [0.717, 1.165) is 29.2 Å². The number of aliphatic hydroxyl groups is 1. The van der Waals surface area contributed by atoms with Crippen molar-refractivity contribution in [3.05, 3.63) is 101 Å². The number of alkyl halides is 3. The van der Waals surface area contributed by atoms with Crippen molar-refractivity contribution in [3.8, 4) is 0 Å². The van der Waals surface area contributed by atoms with E-state index in [-0.39, 0.29) is 22.4 Å². The predicted octanol–water partition coefficient (Wildman–Crippen LogP) is 3.84. The van der Waals surface area contributed by atoms with Crippen LogP contribution in [-0.2, 0) is 6.18 Å². The Morgan fingerprint density at radius 1 is 0.968 bits per heavy atom. The monoisotopic (exact) mass is 425 g/mol. The maximum Gasteiger partial charge on any atom is 0.416 e. The molecule has 1 atom stereocenters. The molecule has 9 heteroatoms. The zero-order valence-corrected chi connectivity index (χ0v) is 15.7. The van der Waals surface area contributed by atoms with Gasteiger partial charge in [-0.2, -0.15) is 13.2 Å². The molecule has 0 saturated heterocycles. The van der Waals surface area contributed by atoms with Gasteiger partial charge in [0.2, 0.25) is 0 Å². The molecule has 2 amide bonds. The van der Waals surface area contributed by atoms with E-state index >= 15 is 0 Å². The van der Waals surface area contributed by atoms with Crippen LogP contribution in [0.3, 0.4) is 0 Å². The zero-order valence-electron chi connectivity index (χ0n) is 15.7. The first-order valence-corrected chi connectivity index (χ1v) is 9.07. The Balaban J connectivity index is 1.61. The molecule has 0 radical (unpaired) electrons. The fraction of sp³-hybridized carbons (Fsp3) is 0.0909. The lowest BCUT2D eigenvalue weighted by Crippen LogP contribution is -2.23. The number of amides is 2. The van der Waals surface area contributed by atoms with Crippen LogP contribution in [0.1, 0.15) is 49.2 Å². The highest BCUT2D eigenvalue weighted by molar-refractivity contribution is 6.22. The third-order valence-corrected chi connectivity index (χ3v) is 4.81. The second-order valence-electron chi connectivity index (χ2n) is 6.73. The molecule has 31 heavy (non-hydrogen) atoms. The summed E-state index contributed by atoms with van der Waals surface area (Å²) in [6.07, 6.45) is -0.631. The summed E-state index contributed by atoms with van der Waals surface area (Å²) in [5, 5.41) is 10.7. The number of halogens is 3. The highest BCUT2D eigenvalue weighted by Gasteiger charge is 2.34. The number of aromatic nitrogens is 2. The van der Waals surface area contributed by atoms with Gasteiger partial charge in [-0.15, -0.1) is 0 Å². The number of benzene rings is 2. The molecule has 0 fully saturated rings. The van der Waals surface area contributed by atoms with E-state index in [2.05, 4.69) is 9.97 Å². The average molecular weight is 425 g/mol. The van der Waals surface area contributed by atoms with E-state index in [9.17, 15) is 27.9 Å². The molecule has 3 aromatic rings. The molecule has 1 aliphatic rings. The van der Waals surface area contributed by atoms with Crippen molar-refractivity contribution in [1.29, 1.82) is 0 Å². The second-order valence-corrected chi connectivity index (χ2v) is 6.73. The van der Waals surface area contributed by atoms with Gasteiger partial charge in [-0.25, -0.2) is 14.9 Å². The Labute approximate surface area is 174 Å². The molecule has 0 bridgehead atoms. The molecule has 1 unspecified atom stereocenters. The first-order valence-electron chi connectivity index (χ1n) is 9.07. The molecule has 0 saturated carbocycles. The minimum atomic E-state index is -4.49. The smallest absolute Gasteiger partial charge is 0.382 e. The molecular formula is C22H14F3N3O3. The Hall–Kier alpha value is -3.85. The largest absolute Gasteiger partial charge is 0.416 e. The van der Waals surface area contributed by atoms with Crippen LogP contribution >= 0.6 is 0 Å². The van der Waals surface area contributed by atoms with Gasteiger partial charge in [-0.05, 0) is 35.9 Å². The lowest BCUT2D eigenvalue weighted by Gasteiger charge is -2.14. The minimum absolute atomic E-state index is 0.114. The molecule has 1 N–H and O–H groups in total. The fourth-order valence-corrected chi connectivity index (χ4v) is 3.22. The topological polar surface area (TPSA) is 83.4 Å². The number of hydrogen-bond donors (Lipinski definition) is 1. The number of carbonyl (C=O) groups excluding carboxylic acids is 2. The Morgan fingerprint density at radius 3 is 2.16 bits per heavy atom. The Bertz CT molecular complexity index is 1160. The van der Waals surface area contributed by atoms with Crippen LogP contribution in [0.25, 0.3) is 6.08 Å². The van der Waals surface area contributed by atoms with Crippen molar-refractivity contribution in [1.82, 2.24) is 14.9 Å². The summed E-state index contributed by atoms with van der Waals surface area (Å²) in [6, 6.07) is 10.5. The summed E-state index contributed by atoms with van der Waals surface area (Å²) in [6.45, 7) is 0. The van der Waals surface area contributed by atoms with Crippen LogP contribution in [0.2, 0.25) is 0 Å². The van der Waals surface area contributed by atoms with Crippen molar-refractivity contribution in [3.63, 3.8) is 0 Å². The van der Waals surface area contributed by atoms with Gasteiger partial charge in [0.15, 0.2) is 0 Å². The molecule has 1 aromatic heterocycles. The normalized spacial score (nSPS) is 14.9. The molecule has 0 aliphatic carbocycles. The van der Waals surface area contributed by atoms with Gasteiger partial charge in [0.1, 0.15) is 12.4 Å². The average Bonchev–Trinajstić information content (AvgIpc) is 3.01. The summed E-state index contributed by atoms with van der Waals surface area (Å²) < 4.78 is 38.3. The van der Waals surface area contributed by atoms with E-state index in [1.54, 1.807) is 24.3 Å². The van der Waals surface area contributed by atoms with Crippen LogP contribution in [0.15, 0.2) is 67.3 Å². The van der Waals surface area contributed by atoms with Gasteiger partial charge in [-0.3, -0.25) is 9.59 Å². The van der Waals surface area contributed by atoms with Crippen LogP contribution < -0.4 is 0 Å². The number of imide groups is 1. The molecule has 1 aliphatic heterocycles. The number of fused-ring (bicyclic) bond motifs is 1. The summed E-state index contributed by atoms with van der Waals surface area (Å²) in [4.78, 5) is 33.8. The maximum absolute atomic E-state index is 12.8. The van der Waals surface area contributed by atoms with Crippen molar-refractivity contribution >= 4 is 17.9 Å². The van der Waals surface area contributed by atoms with Crippen molar-refractivity contribution in [2.75, 3.05) is 0 Å². The summed E-state index contributed by atoms with van der Waals surface area (Å²) in [5.41, 5.74) is 0.339. The molecule has 2 aromatic carbocycles. The third-order valence-electron chi connectivity index (χ3n) is 4.81. The van der Waals surface area contributed by atoms with E-state index in [0.29, 0.717) is 5.56 Å². The summed E-state index contributed by atoms with van der Waals surface area (Å²) in [7, 11) is 0. The van der Waals surface area contributed by atoms with Crippen LogP contribution in [-0.4, -0.2) is 31.8 Å². The molecule has 4 rings (SSSR count). The third kappa shape index (κ3) is 3.82. The van der Waals surface area contributed by atoms with Crippen molar-refractivity contribution in [2.45, 2.75) is 12.3 Å². The van der Waals surface area contributed by atoms with Gasteiger partial charge >= 0.3 is 6.18 Å². The quantitative estimate of drug-likeness (QED) is 0.642. The number of carbonyl (C=O) groups is 2. The zero-order chi connectivity index (χ0) is 22.2. The first kappa shape index (κ1) is 20.4. The Kier molecular flexibility index (Phi) is 5.12. The van der Waals surface area contributed by atoms with Crippen molar-refractivity contribution < 1.29 is 27.9 Å². The predicted molar refractivity (Wildman–Crippen MR) is 104 cm³/mol. The number of hydrogen-bond acceptors (Lipinski definition) is 5. The lowest BCUT2D eigenvalue weighted by atomic mass is 10.0. The number of nitrogens with zero attached hydrogens (tertiary/aromatic N) is 3.